The molecule has 1 atom stereocenters. The lowest BCUT2D eigenvalue weighted by Gasteiger charge is -2.07. The van der Waals surface area contributed by atoms with E-state index in [1.165, 1.54) is 12.1 Å². The van der Waals surface area contributed by atoms with Crippen LogP contribution < -0.4 is 5.32 Å². The summed E-state index contributed by atoms with van der Waals surface area (Å²) >= 11 is 0. The van der Waals surface area contributed by atoms with Crippen molar-refractivity contribution in [3.63, 3.8) is 0 Å². The summed E-state index contributed by atoms with van der Waals surface area (Å²) in [5.41, 5.74) is 1.03. The zero-order valence-corrected chi connectivity index (χ0v) is 6.59. The van der Waals surface area contributed by atoms with E-state index in [2.05, 4.69) is 5.32 Å². The van der Waals surface area contributed by atoms with Gasteiger partial charge in [-0.05, 0) is 17.7 Å². The molecule has 1 heterocycles. The van der Waals surface area contributed by atoms with Gasteiger partial charge in [0.2, 0.25) is 0 Å². The van der Waals surface area contributed by atoms with Gasteiger partial charge in [-0.25, -0.2) is 4.39 Å². The van der Waals surface area contributed by atoms with Crippen LogP contribution in [0, 0.1) is 5.82 Å². The lowest BCUT2D eigenvalue weighted by Crippen LogP contribution is -2.07. The van der Waals surface area contributed by atoms with Gasteiger partial charge in [-0.15, -0.1) is 0 Å². The Morgan fingerprint density at radius 1 is 1.33 bits per heavy atom. The second-order valence-corrected chi connectivity index (χ2v) is 2.81. The minimum Gasteiger partial charge on any atom is -0.357 e. The Hall–Kier alpha value is -0.930. The smallest absolute Gasteiger partial charge is 0.123 e. The SMILES string of the molecule is Fc1ccc(C2CNCO2)cc1. The largest absolute Gasteiger partial charge is 0.357 e. The van der Waals surface area contributed by atoms with Crippen LogP contribution in [0.15, 0.2) is 24.3 Å². The number of ether oxygens (including phenoxy) is 1. The Bertz CT molecular complexity index is 254. The van der Waals surface area contributed by atoms with E-state index in [0.29, 0.717) is 6.73 Å². The fourth-order valence-corrected chi connectivity index (χ4v) is 1.30. The normalized spacial score (nSPS) is 22.9. The van der Waals surface area contributed by atoms with Gasteiger partial charge in [0.1, 0.15) is 5.82 Å². The van der Waals surface area contributed by atoms with Crippen LogP contribution in [0.5, 0.6) is 0 Å². The minimum atomic E-state index is -0.204. The molecule has 0 bridgehead atoms. The maximum atomic E-state index is 12.5. The monoisotopic (exact) mass is 167 g/mol. The number of halogens is 1. The van der Waals surface area contributed by atoms with Crippen LogP contribution in [0.25, 0.3) is 0 Å². The molecule has 0 radical (unpaired) electrons. The predicted molar refractivity (Wildman–Crippen MR) is 43.1 cm³/mol. The number of hydrogen-bond acceptors (Lipinski definition) is 2. The summed E-state index contributed by atoms with van der Waals surface area (Å²) in [6.45, 7) is 1.40. The van der Waals surface area contributed by atoms with Gasteiger partial charge in [0, 0.05) is 6.54 Å². The van der Waals surface area contributed by atoms with Crippen molar-refractivity contribution >= 4 is 0 Å². The van der Waals surface area contributed by atoms with E-state index in [-0.39, 0.29) is 11.9 Å². The molecule has 0 spiro atoms. The fourth-order valence-electron chi connectivity index (χ4n) is 1.30. The average molecular weight is 167 g/mol. The molecule has 1 saturated heterocycles. The van der Waals surface area contributed by atoms with E-state index in [1.807, 2.05) is 0 Å². The van der Waals surface area contributed by atoms with Gasteiger partial charge in [0.25, 0.3) is 0 Å². The second kappa shape index (κ2) is 3.21. The van der Waals surface area contributed by atoms with Crippen molar-refractivity contribution in [1.29, 1.82) is 0 Å². The highest BCUT2D eigenvalue weighted by molar-refractivity contribution is 5.19. The van der Waals surface area contributed by atoms with Gasteiger partial charge in [0.15, 0.2) is 0 Å². The molecule has 0 aromatic heterocycles. The average Bonchev–Trinajstić information content (AvgIpc) is 2.58. The third kappa shape index (κ3) is 1.47. The molecule has 1 fully saturated rings. The maximum absolute atomic E-state index is 12.5. The number of hydrogen-bond donors (Lipinski definition) is 1. The number of nitrogens with one attached hydrogen (secondary N) is 1. The molecular formula is C9H10FNO. The van der Waals surface area contributed by atoms with Crippen LogP contribution >= 0.6 is 0 Å². The van der Waals surface area contributed by atoms with Crippen molar-refractivity contribution in [2.45, 2.75) is 6.10 Å². The molecule has 2 rings (SSSR count). The van der Waals surface area contributed by atoms with Gasteiger partial charge >= 0.3 is 0 Å². The summed E-state index contributed by atoms with van der Waals surface area (Å²) in [5, 5.41) is 3.07. The molecular weight excluding hydrogens is 157 g/mol. The summed E-state index contributed by atoms with van der Waals surface area (Å²) in [4.78, 5) is 0. The van der Waals surface area contributed by atoms with Crippen LogP contribution in [0.4, 0.5) is 4.39 Å². The van der Waals surface area contributed by atoms with Crippen LogP contribution in [0.2, 0.25) is 0 Å². The van der Waals surface area contributed by atoms with E-state index in [4.69, 9.17) is 4.74 Å². The van der Waals surface area contributed by atoms with Crippen LogP contribution in [-0.2, 0) is 4.74 Å². The van der Waals surface area contributed by atoms with E-state index in [9.17, 15) is 4.39 Å². The number of rotatable bonds is 1. The van der Waals surface area contributed by atoms with Crippen molar-refractivity contribution in [3.05, 3.63) is 35.6 Å². The molecule has 1 aliphatic heterocycles. The fraction of sp³-hybridized carbons (Fsp3) is 0.333. The lowest BCUT2D eigenvalue weighted by atomic mass is 10.1. The Kier molecular flexibility index (Phi) is 2.06. The van der Waals surface area contributed by atoms with E-state index in [1.54, 1.807) is 12.1 Å². The molecule has 1 unspecified atom stereocenters. The highest BCUT2D eigenvalue weighted by Gasteiger charge is 2.16. The first-order valence-corrected chi connectivity index (χ1v) is 3.94. The summed E-state index contributed by atoms with van der Waals surface area (Å²) in [5.74, 6) is -0.204. The number of benzene rings is 1. The van der Waals surface area contributed by atoms with Gasteiger partial charge in [-0.2, -0.15) is 0 Å². The lowest BCUT2D eigenvalue weighted by molar-refractivity contribution is 0.114. The Labute approximate surface area is 70.3 Å². The zero-order chi connectivity index (χ0) is 8.39. The highest BCUT2D eigenvalue weighted by atomic mass is 19.1. The topological polar surface area (TPSA) is 21.3 Å². The second-order valence-electron chi connectivity index (χ2n) is 2.81. The van der Waals surface area contributed by atoms with Crippen molar-refractivity contribution < 1.29 is 9.13 Å². The van der Waals surface area contributed by atoms with Crippen LogP contribution in [-0.4, -0.2) is 13.3 Å². The predicted octanol–water partition coefficient (Wildman–Crippen LogP) is 1.44. The quantitative estimate of drug-likeness (QED) is 0.683. The van der Waals surface area contributed by atoms with Crippen LogP contribution in [0.1, 0.15) is 11.7 Å². The van der Waals surface area contributed by atoms with Crippen molar-refractivity contribution in [2.75, 3.05) is 13.3 Å². The highest BCUT2D eigenvalue weighted by Crippen LogP contribution is 2.19. The van der Waals surface area contributed by atoms with Crippen molar-refractivity contribution in [1.82, 2.24) is 5.32 Å². The summed E-state index contributed by atoms with van der Waals surface area (Å²) in [6, 6.07) is 6.42. The Morgan fingerprint density at radius 2 is 2.08 bits per heavy atom. The van der Waals surface area contributed by atoms with Gasteiger partial charge in [0.05, 0.1) is 12.8 Å². The maximum Gasteiger partial charge on any atom is 0.123 e. The third-order valence-electron chi connectivity index (χ3n) is 1.96. The molecule has 1 aliphatic rings. The summed E-state index contributed by atoms with van der Waals surface area (Å²) < 4.78 is 17.9. The van der Waals surface area contributed by atoms with Crippen molar-refractivity contribution in [2.24, 2.45) is 0 Å². The first-order chi connectivity index (χ1) is 5.86. The van der Waals surface area contributed by atoms with Crippen LogP contribution in [0.3, 0.4) is 0 Å². The molecule has 1 N–H and O–H groups in total. The third-order valence-corrected chi connectivity index (χ3v) is 1.96. The molecule has 0 aliphatic carbocycles. The summed E-state index contributed by atoms with van der Waals surface area (Å²) in [7, 11) is 0. The first kappa shape index (κ1) is 7.71. The Balaban J connectivity index is 2.17. The molecule has 0 amide bonds. The minimum absolute atomic E-state index is 0.0885. The van der Waals surface area contributed by atoms with E-state index < -0.39 is 0 Å². The van der Waals surface area contributed by atoms with Gasteiger partial charge in [-0.1, -0.05) is 12.1 Å². The standard InChI is InChI=1S/C9H10FNO/c10-8-3-1-7(2-4-8)9-5-11-6-12-9/h1-4,9,11H,5-6H2. The summed E-state index contributed by atoms with van der Waals surface area (Å²) in [6.07, 6.45) is 0.0885. The van der Waals surface area contributed by atoms with E-state index in [0.717, 1.165) is 12.1 Å². The first-order valence-electron chi connectivity index (χ1n) is 3.94. The molecule has 64 valence electrons. The molecule has 3 heteroatoms. The molecule has 2 nitrogen and oxygen atoms in total. The Morgan fingerprint density at radius 3 is 2.67 bits per heavy atom. The van der Waals surface area contributed by atoms with E-state index >= 15 is 0 Å². The van der Waals surface area contributed by atoms with Gasteiger partial charge < -0.3 is 4.74 Å². The van der Waals surface area contributed by atoms with Crippen molar-refractivity contribution in [3.8, 4) is 0 Å². The van der Waals surface area contributed by atoms with Gasteiger partial charge in [-0.3, -0.25) is 5.32 Å². The zero-order valence-electron chi connectivity index (χ0n) is 6.59. The molecule has 12 heavy (non-hydrogen) atoms. The molecule has 1 aromatic carbocycles. The molecule has 1 aromatic rings. The molecule has 0 saturated carbocycles.